The summed E-state index contributed by atoms with van der Waals surface area (Å²) in [6.45, 7) is 3.61. The average Bonchev–Trinajstić information content (AvgIpc) is 2.94. The molecule has 0 aliphatic rings. The predicted octanol–water partition coefficient (Wildman–Crippen LogP) is 5.81. The number of alkyl halides is 1. The molecule has 0 spiro atoms. The molecule has 9 heteroatoms. The van der Waals surface area contributed by atoms with E-state index in [1.807, 2.05) is 74.5 Å². The minimum Gasteiger partial charge on any atom is -0.449 e. The molecule has 3 aromatic carbocycles. The summed E-state index contributed by atoms with van der Waals surface area (Å²) in [7, 11) is 1.73. The van der Waals surface area contributed by atoms with E-state index in [0.717, 1.165) is 38.7 Å². The Labute approximate surface area is 233 Å². The number of fused-ring (bicyclic) bond motifs is 1. The van der Waals surface area contributed by atoms with Gasteiger partial charge in [-0.25, -0.2) is 9.78 Å². The highest BCUT2D eigenvalue weighted by Crippen LogP contribution is 2.23. The number of ether oxygens (including phenoxy) is 1. The number of amides is 2. The summed E-state index contributed by atoms with van der Waals surface area (Å²) in [4.78, 5) is 31.0. The highest BCUT2D eigenvalue weighted by Gasteiger charge is 2.17. The lowest BCUT2D eigenvalue weighted by Crippen LogP contribution is -2.32. The van der Waals surface area contributed by atoms with Gasteiger partial charge in [-0.15, -0.1) is 0 Å². The SMILES string of the molecule is Cc1ccc(NC(=O)OC[C@H](CF)c2ccccc2C)cc1CN(C)C(=O)CNc1ccc2c(N)nccc2c1. The van der Waals surface area contributed by atoms with Crippen molar-refractivity contribution >= 4 is 40.0 Å². The minimum atomic E-state index is -0.664. The van der Waals surface area contributed by atoms with Gasteiger partial charge in [0.2, 0.25) is 5.91 Å². The van der Waals surface area contributed by atoms with Crippen LogP contribution in [-0.2, 0) is 16.1 Å². The van der Waals surface area contributed by atoms with Crippen LogP contribution in [0.5, 0.6) is 0 Å². The van der Waals surface area contributed by atoms with Gasteiger partial charge in [0, 0.05) is 42.5 Å². The number of anilines is 3. The Hall–Kier alpha value is -4.66. The van der Waals surface area contributed by atoms with Crippen LogP contribution in [0.3, 0.4) is 0 Å². The van der Waals surface area contributed by atoms with Crippen LogP contribution in [0.1, 0.15) is 28.2 Å². The Kier molecular flexibility index (Phi) is 9.16. The van der Waals surface area contributed by atoms with Crippen molar-refractivity contribution in [1.82, 2.24) is 9.88 Å². The van der Waals surface area contributed by atoms with Crippen molar-refractivity contribution < 1.29 is 18.7 Å². The number of rotatable bonds is 10. The molecule has 40 heavy (non-hydrogen) atoms. The number of nitrogens with zero attached hydrogens (tertiary/aromatic N) is 2. The molecule has 0 aliphatic heterocycles. The number of nitrogens with two attached hydrogens (primary N) is 1. The van der Waals surface area contributed by atoms with Crippen molar-refractivity contribution in [3.63, 3.8) is 0 Å². The second kappa shape index (κ2) is 12.9. The summed E-state index contributed by atoms with van der Waals surface area (Å²) < 4.78 is 19.0. The first kappa shape index (κ1) is 28.4. The van der Waals surface area contributed by atoms with Gasteiger partial charge in [-0.1, -0.05) is 30.3 Å². The molecule has 208 valence electrons. The van der Waals surface area contributed by atoms with Crippen LogP contribution in [0.4, 0.5) is 26.4 Å². The Morgan fingerprint density at radius 2 is 1.80 bits per heavy atom. The summed E-state index contributed by atoms with van der Waals surface area (Å²) in [6.07, 6.45) is 0.987. The van der Waals surface area contributed by atoms with Crippen LogP contribution >= 0.6 is 0 Å². The number of hydrogen-bond donors (Lipinski definition) is 3. The largest absolute Gasteiger partial charge is 0.449 e. The van der Waals surface area contributed by atoms with Crippen molar-refractivity contribution in [1.29, 1.82) is 0 Å². The Morgan fingerprint density at radius 1 is 1.02 bits per heavy atom. The third-order valence-corrected chi connectivity index (χ3v) is 6.90. The normalized spacial score (nSPS) is 11.6. The summed E-state index contributed by atoms with van der Waals surface area (Å²) >= 11 is 0. The fourth-order valence-corrected chi connectivity index (χ4v) is 4.48. The quantitative estimate of drug-likeness (QED) is 0.233. The summed E-state index contributed by atoms with van der Waals surface area (Å²) in [6, 6.07) is 20.5. The molecule has 2 amide bonds. The number of aromatic nitrogens is 1. The first-order valence-corrected chi connectivity index (χ1v) is 13.0. The zero-order valence-corrected chi connectivity index (χ0v) is 22.9. The highest BCUT2D eigenvalue weighted by atomic mass is 19.1. The number of hydrogen-bond acceptors (Lipinski definition) is 6. The third kappa shape index (κ3) is 7.05. The third-order valence-electron chi connectivity index (χ3n) is 6.90. The zero-order valence-electron chi connectivity index (χ0n) is 22.9. The van der Waals surface area contributed by atoms with E-state index in [0.29, 0.717) is 18.1 Å². The van der Waals surface area contributed by atoms with Crippen LogP contribution < -0.4 is 16.4 Å². The van der Waals surface area contributed by atoms with Gasteiger partial charge >= 0.3 is 6.09 Å². The lowest BCUT2D eigenvalue weighted by Gasteiger charge is -2.20. The lowest BCUT2D eigenvalue weighted by molar-refractivity contribution is -0.128. The van der Waals surface area contributed by atoms with E-state index < -0.39 is 18.7 Å². The molecule has 8 nitrogen and oxygen atoms in total. The van der Waals surface area contributed by atoms with Gasteiger partial charge in [0.1, 0.15) is 12.4 Å². The predicted molar refractivity (Wildman–Crippen MR) is 157 cm³/mol. The second-order valence-electron chi connectivity index (χ2n) is 9.81. The number of aryl methyl sites for hydroxylation is 2. The maximum absolute atomic E-state index is 13.7. The van der Waals surface area contributed by atoms with Crippen LogP contribution in [-0.4, -0.2) is 48.8 Å². The van der Waals surface area contributed by atoms with Crippen LogP contribution in [0, 0.1) is 13.8 Å². The molecular formula is C31H34FN5O3. The average molecular weight is 544 g/mol. The Morgan fingerprint density at radius 3 is 2.58 bits per heavy atom. The smallest absolute Gasteiger partial charge is 0.411 e. The molecular weight excluding hydrogens is 509 g/mol. The fourth-order valence-electron chi connectivity index (χ4n) is 4.48. The molecule has 4 N–H and O–H groups in total. The monoisotopic (exact) mass is 543 g/mol. The van der Waals surface area contributed by atoms with Gasteiger partial charge in [-0.2, -0.15) is 0 Å². The van der Waals surface area contributed by atoms with Gasteiger partial charge in [0.05, 0.1) is 13.2 Å². The van der Waals surface area contributed by atoms with E-state index in [9.17, 15) is 14.0 Å². The van der Waals surface area contributed by atoms with Gasteiger partial charge in [0.25, 0.3) is 0 Å². The number of benzene rings is 3. The number of nitrogens with one attached hydrogen (secondary N) is 2. The molecule has 4 rings (SSSR count). The molecule has 0 saturated heterocycles. The molecule has 1 atom stereocenters. The van der Waals surface area contributed by atoms with Crippen molar-refractivity contribution in [2.75, 3.05) is 43.2 Å². The van der Waals surface area contributed by atoms with Gasteiger partial charge in [-0.05, 0) is 77.9 Å². The number of likely N-dealkylation sites (N-methyl/N-ethyl adjacent to an activating group) is 1. The van der Waals surface area contributed by atoms with Gasteiger partial charge < -0.3 is 20.7 Å². The molecule has 0 unspecified atom stereocenters. The van der Waals surface area contributed by atoms with Gasteiger partial charge in [-0.3, -0.25) is 14.5 Å². The van der Waals surface area contributed by atoms with Crippen molar-refractivity contribution in [3.8, 4) is 0 Å². The van der Waals surface area contributed by atoms with Crippen molar-refractivity contribution in [2.24, 2.45) is 0 Å². The van der Waals surface area contributed by atoms with Crippen LogP contribution in [0.2, 0.25) is 0 Å². The maximum Gasteiger partial charge on any atom is 0.411 e. The number of carbonyl (C=O) groups excluding carboxylic acids is 2. The van der Waals surface area contributed by atoms with Gasteiger partial charge in [0.15, 0.2) is 0 Å². The first-order valence-electron chi connectivity index (χ1n) is 13.0. The molecule has 0 fully saturated rings. The van der Waals surface area contributed by atoms with E-state index in [2.05, 4.69) is 15.6 Å². The summed E-state index contributed by atoms with van der Waals surface area (Å²) in [5, 5.41) is 7.67. The van der Waals surface area contributed by atoms with Crippen molar-refractivity contribution in [3.05, 3.63) is 95.2 Å². The standard InChI is InChI=1S/C31H34FN5O3/c1-20-8-9-26(36-31(39)40-19-24(16-32)27-7-5-4-6-21(27)2)15-23(20)18-37(3)29(38)17-35-25-10-11-28-22(14-25)12-13-34-30(28)33/h4-15,24,35H,16-19H2,1-3H3,(H2,33,34)(H,36,39)/t24-/m0/s1. The van der Waals surface area contributed by atoms with Crippen molar-refractivity contribution in [2.45, 2.75) is 26.3 Å². The number of halogens is 1. The maximum atomic E-state index is 13.7. The summed E-state index contributed by atoms with van der Waals surface area (Å²) in [5.74, 6) is -0.162. The zero-order chi connectivity index (χ0) is 28.6. The van der Waals surface area contributed by atoms with E-state index >= 15 is 0 Å². The van der Waals surface area contributed by atoms with E-state index in [-0.39, 0.29) is 19.1 Å². The second-order valence-corrected chi connectivity index (χ2v) is 9.81. The van der Waals surface area contributed by atoms with E-state index in [1.54, 1.807) is 24.2 Å². The van der Waals surface area contributed by atoms with Crippen LogP contribution in [0.15, 0.2) is 72.9 Å². The fraction of sp³-hybridized carbons (Fsp3) is 0.258. The molecule has 0 saturated carbocycles. The minimum absolute atomic E-state index is 0.0718. The molecule has 0 bridgehead atoms. The number of nitrogen functional groups attached to an aromatic ring is 1. The molecule has 0 aliphatic carbocycles. The Bertz CT molecular complexity index is 1510. The first-order chi connectivity index (χ1) is 19.2. The number of pyridine rings is 1. The topological polar surface area (TPSA) is 110 Å². The molecule has 0 radical (unpaired) electrons. The highest BCUT2D eigenvalue weighted by molar-refractivity contribution is 5.93. The number of carbonyl (C=O) groups is 2. The van der Waals surface area contributed by atoms with E-state index in [1.165, 1.54) is 0 Å². The Balaban J connectivity index is 1.31. The van der Waals surface area contributed by atoms with Crippen LogP contribution in [0.25, 0.3) is 10.8 Å². The molecule has 1 aromatic heterocycles. The van der Waals surface area contributed by atoms with E-state index in [4.69, 9.17) is 10.5 Å². The molecule has 1 heterocycles. The molecule has 4 aromatic rings. The summed E-state index contributed by atoms with van der Waals surface area (Å²) in [5.41, 5.74) is 10.9. The lowest BCUT2D eigenvalue weighted by atomic mass is 9.97.